The minimum absolute atomic E-state index is 0.556. The number of ether oxygens (including phenoxy) is 1. The Bertz CT molecular complexity index is 266. The Labute approximate surface area is 85.8 Å². The van der Waals surface area contributed by atoms with Crippen LogP contribution in [0, 0.1) is 0 Å². The van der Waals surface area contributed by atoms with Gasteiger partial charge in [0.05, 0.1) is 0 Å². The second-order valence-electron chi connectivity index (χ2n) is 3.43. The molecule has 0 saturated carbocycles. The third-order valence-corrected chi connectivity index (χ3v) is 4.34. The Kier molecular flexibility index (Phi) is 4.31. The van der Waals surface area contributed by atoms with Crippen LogP contribution in [-0.4, -0.2) is 57.4 Å². The van der Waals surface area contributed by atoms with E-state index >= 15 is 0 Å². The van der Waals surface area contributed by atoms with Crippen molar-refractivity contribution in [2.75, 3.05) is 40.4 Å². The Morgan fingerprint density at radius 2 is 2.07 bits per heavy atom. The van der Waals surface area contributed by atoms with E-state index in [1.165, 1.54) is 8.61 Å². The molecule has 0 spiro atoms. The number of methoxy groups -OCH3 is 1. The summed E-state index contributed by atoms with van der Waals surface area (Å²) in [7, 11) is 0.0731. The largest absolute Gasteiger partial charge is 0.385 e. The molecule has 1 aliphatic heterocycles. The van der Waals surface area contributed by atoms with Crippen LogP contribution >= 0.6 is 0 Å². The highest BCUT2D eigenvalue weighted by molar-refractivity contribution is 7.86. The van der Waals surface area contributed by atoms with Gasteiger partial charge in [0.15, 0.2) is 0 Å². The normalized spacial score (nSPS) is 23.9. The number of hydrogen-bond acceptors (Lipinski definition) is 3. The molecule has 1 rings (SSSR count). The van der Waals surface area contributed by atoms with Gasteiger partial charge in [-0.05, 0) is 12.8 Å². The van der Waals surface area contributed by atoms with Gasteiger partial charge in [-0.3, -0.25) is 0 Å². The standard InChI is InChI=1S/C8H18N2O3S/c1-9-5-3-6-10(14(9,11)12)7-4-8-13-2/h3-8H2,1-2H3. The van der Waals surface area contributed by atoms with Crippen molar-refractivity contribution in [3.63, 3.8) is 0 Å². The molecule has 1 aliphatic rings. The zero-order chi connectivity index (χ0) is 10.6. The number of rotatable bonds is 4. The summed E-state index contributed by atoms with van der Waals surface area (Å²) in [6, 6.07) is 0. The zero-order valence-corrected chi connectivity index (χ0v) is 9.59. The molecule has 1 heterocycles. The van der Waals surface area contributed by atoms with Gasteiger partial charge in [-0.15, -0.1) is 0 Å². The number of nitrogens with zero attached hydrogens (tertiary/aromatic N) is 2. The molecule has 1 fully saturated rings. The molecular weight excluding hydrogens is 204 g/mol. The monoisotopic (exact) mass is 222 g/mol. The first kappa shape index (κ1) is 11.9. The lowest BCUT2D eigenvalue weighted by Crippen LogP contribution is -2.48. The van der Waals surface area contributed by atoms with E-state index in [1.54, 1.807) is 14.2 Å². The molecule has 0 unspecified atom stereocenters. The summed E-state index contributed by atoms with van der Waals surface area (Å²) in [5, 5.41) is 0. The van der Waals surface area contributed by atoms with Crippen LogP contribution in [0.3, 0.4) is 0 Å². The highest BCUT2D eigenvalue weighted by Gasteiger charge is 2.29. The van der Waals surface area contributed by atoms with E-state index in [-0.39, 0.29) is 0 Å². The summed E-state index contributed by atoms with van der Waals surface area (Å²) in [5.41, 5.74) is 0. The van der Waals surface area contributed by atoms with Gasteiger partial charge in [0, 0.05) is 40.4 Å². The fraction of sp³-hybridized carbons (Fsp3) is 1.00. The molecule has 0 N–H and O–H groups in total. The fourth-order valence-corrected chi connectivity index (χ4v) is 2.98. The molecule has 1 saturated heterocycles. The molecule has 0 radical (unpaired) electrons. The Hall–Kier alpha value is -0.170. The summed E-state index contributed by atoms with van der Waals surface area (Å²) in [6.45, 7) is 2.43. The van der Waals surface area contributed by atoms with E-state index < -0.39 is 10.2 Å². The molecule has 0 atom stereocenters. The summed E-state index contributed by atoms with van der Waals surface area (Å²) in [6.07, 6.45) is 1.66. The number of hydrogen-bond donors (Lipinski definition) is 0. The van der Waals surface area contributed by atoms with Crippen LogP contribution in [0.25, 0.3) is 0 Å². The van der Waals surface area contributed by atoms with Crippen molar-refractivity contribution in [1.82, 2.24) is 8.61 Å². The summed E-state index contributed by atoms with van der Waals surface area (Å²) in [4.78, 5) is 0. The topological polar surface area (TPSA) is 49.9 Å². The maximum Gasteiger partial charge on any atom is 0.281 e. The molecule has 0 aromatic rings. The van der Waals surface area contributed by atoms with Gasteiger partial charge in [-0.25, -0.2) is 0 Å². The van der Waals surface area contributed by atoms with Crippen molar-refractivity contribution in [2.24, 2.45) is 0 Å². The molecule has 84 valence electrons. The molecule has 14 heavy (non-hydrogen) atoms. The molecule has 0 aromatic carbocycles. The van der Waals surface area contributed by atoms with E-state index in [0.717, 1.165) is 12.8 Å². The van der Waals surface area contributed by atoms with Gasteiger partial charge in [0.1, 0.15) is 0 Å². The second-order valence-corrected chi connectivity index (χ2v) is 5.46. The minimum Gasteiger partial charge on any atom is -0.385 e. The van der Waals surface area contributed by atoms with Gasteiger partial charge in [0.25, 0.3) is 10.2 Å². The second kappa shape index (κ2) is 5.06. The van der Waals surface area contributed by atoms with Crippen molar-refractivity contribution < 1.29 is 13.2 Å². The first-order valence-electron chi connectivity index (χ1n) is 4.79. The fourth-order valence-electron chi connectivity index (χ4n) is 1.51. The van der Waals surface area contributed by atoms with Crippen LogP contribution in [-0.2, 0) is 14.9 Å². The first-order valence-corrected chi connectivity index (χ1v) is 6.19. The summed E-state index contributed by atoms with van der Waals surface area (Å²) >= 11 is 0. The van der Waals surface area contributed by atoms with Gasteiger partial charge >= 0.3 is 0 Å². The lowest BCUT2D eigenvalue weighted by molar-refractivity contribution is 0.183. The highest BCUT2D eigenvalue weighted by Crippen LogP contribution is 2.13. The zero-order valence-electron chi connectivity index (χ0n) is 8.77. The third-order valence-electron chi connectivity index (χ3n) is 2.36. The predicted molar refractivity (Wildman–Crippen MR) is 54.2 cm³/mol. The Morgan fingerprint density at radius 3 is 2.71 bits per heavy atom. The molecule has 5 nitrogen and oxygen atoms in total. The lowest BCUT2D eigenvalue weighted by atomic mass is 10.4. The van der Waals surface area contributed by atoms with Crippen LogP contribution in [0.15, 0.2) is 0 Å². The summed E-state index contributed by atoms with van der Waals surface area (Å²) in [5.74, 6) is 0. The molecule has 0 bridgehead atoms. The van der Waals surface area contributed by atoms with Gasteiger partial charge in [-0.2, -0.15) is 17.0 Å². The van der Waals surface area contributed by atoms with Crippen molar-refractivity contribution in [3.05, 3.63) is 0 Å². The van der Waals surface area contributed by atoms with Crippen molar-refractivity contribution in [3.8, 4) is 0 Å². The van der Waals surface area contributed by atoms with Crippen LogP contribution in [0.1, 0.15) is 12.8 Å². The molecule has 0 aromatic heterocycles. The molecule has 0 amide bonds. The average Bonchev–Trinajstić information content (AvgIpc) is 2.13. The van der Waals surface area contributed by atoms with Crippen LogP contribution in [0.4, 0.5) is 0 Å². The SMILES string of the molecule is COCCCN1CCCN(C)S1(=O)=O. The van der Waals surface area contributed by atoms with Crippen LogP contribution in [0.5, 0.6) is 0 Å². The van der Waals surface area contributed by atoms with E-state index in [1.807, 2.05) is 0 Å². The van der Waals surface area contributed by atoms with Crippen molar-refractivity contribution in [2.45, 2.75) is 12.8 Å². The van der Waals surface area contributed by atoms with E-state index in [2.05, 4.69) is 0 Å². The molecular formula is C8H18N2O3S. The van der Waals surface area contributed by atoms with E-state index in [9.17, 15) is 8.42 Å². The predicted octanol–water partition coefficient (Wildman–Crippen LogP) is -0.0948. The lowest BCUT2D eigenvalue weighted by Gasteiger charge is -2.32. The van der Waals surface area contributed by atoms with Crippen molar-refractivity contribution >= 4 is 10.2 Å². The quantitative estimate of drug-likeness (QED) is 0.624. The maximum absolute atomic E-state index is 11.7. The Morgan fingerprint density at radius 1 is 1.36 bits per heavy atom. The van der Waals surface area contributed by atoms with Crippen LogP contribution < -0.4 is 0 Å². The maximum atomic E-state index is 11.7. The van der Waals surface area contributed by atoms with Crippen LogP contribution in [0.2, 0.25) is 0 Å². The van der Waals surface area contributed by atoms with Gasteiger partial charge in [-0.1, -0.05) is 0 Å². The van der Waals surface area contributed by atoms with E-state index in [0.29, 0.717) is 26.2 Å². The molecule has 0 aliphatic carbocycles. The highest BCUT2D eigenvalue weighted by atomic mass is 32.2. The first-order chi connectivity index (χ1) is 6.59. The minimum atomic E-state index is -3.17. The third kappa shape index (κ3) is 2.66. The van der Waals surface area contributed by atoms with Crippen molar-refractivity contribution in [1.29, 1.82) is 0 Å². The average molecular weight is 222 g/mol. The van der Waals surface area contributed by atoms with E-state index in [4.69, 9.17) is 4.74 Å². The Balaban J connectivity index is 2.50. The molecule has 6 heteroatoms. The smallest absolute Gasteiger partial charge is 0.281 e. The van der Waals surface area contributed by atoms with Gasteiger partial charge in [0.2, 0.25) is 0 Å². The van der Waals surface area contributed by atoms with Gasteiger partial charge < -0.3 is 4.74 Å². The summed E-state index contributed by atoms with van der Waals surface area (Å²) < 4.78 is 31.3.